The van der Waals surface area contributed by atoms with Crippen LogP contribution in [0.2, 0.25) is 0 Å². The molecule has 0 saturated heterocycles. The van der Waals surface area contributed by atoms with Crippen molar-refractivity contribution in [2.24, 2.45) is 11.6 Å². The van der Waals surface area contributed by atoms with E-state index in [0.29, 0.717) is 12.1 Å². The van der Waals surface area contributed by atoms with Gasteiger partial charge in [0.25, 0.3) is 5.91 Å². The first kappa shape index (κ1) is 13.0. The van der Waals surface area contributed by atoms with E-state index in [1.807, 2.05) is 18.2 Å². The van der Waals surface area contributed by atoms with E-state index in [-0.39, 0.29) is 5.91 Å². The molecule has 0 spiro atoms. The Bertz CT molecular complexity index is 344. The van der Waals surface area contributed by atoms with Crippen LogP contribution in [0.5, 0.6) is 0 Å². The number of rotatable bonds is 6. The van der Waals surface area contributed by atoms with Gasteiger partial charge in [-0.25, -0.2) is 5.84 Å². The third-order valence-electron chi connectivity index (χ3n) is 2.14. The summed E-state index contributed by atoms with van der Waals surface area (Å²) in [6, 6.07) is 7.48. The number of thioether (sulfide) groups is 1. The quantitative estimate of drug-likeness (QED) is 0.298. The molecule has 0 atom stereocenters. The molecular formula is C11H17N3OS. The van der Waals surface area contributed by atoms with Crippen LogP contribution in [-0.2, 0) is 5.75 Å². The Balaban J connectivity index is 2.60. The van der Waals surface area contributed by atoms with Gasteiger partial charge in [-0.2, -0.15) is 11.8 Å². The van der Waals surface area contributed by atoms with Crippen molar-refractivity contribution in [3.63, 3.8) is 0 Å². The standard InChI is InChI=1S/C11H17N3OS/c12-6-3-7-16-8-9-4-1-2-5-10(9)11(15)14-13/h1-2,4-5H,3,6-8,12-13H2,(H,14,15). The lowest BCUT2D eigenvalue weighted by atomic mass is 10.1. The van der Waals surface area contributed by atoms with Crippen molar-refractivity contribution in [1.29, 1.82) is 0 Å². The number of hydrazine groups is 1. The van der Waals surface area contributed by atoms with Gasteiger partial charge in [-0.3, -0.25) is 10.2 Å². The summed E-state index contributed by atoms with van der Waals surface area (Å²) in [5, 5.41) is 0. The number of hydrogen-bond acceptors (Lipinski definition) is 4. The van der Waals surface area contributed by atoms with E-state index in [1.165, 1.54) is 0 Å². The molecule has 1 amide bonds. The van der Waals surface area contributed by atoms with Crippen LogP contribution in [0.1, 0.15) is 22.3 Å². The molecule has 5 N–H and O–H groups in total. The minimum atomic E-state index is -0.241. The summed E-state index contributed by atoms with van der Waals surface area (Å²) in [6.07, 6.45) is 0.996. The second kappa shape index (κ2) is 7.27. The van der Waals surface area contributed by atoms with Gasteiger partial charge in [-0.15, -0.1) is 0 Å². The third kappa shape index (κ3) is 3.84. The predicted octanol–water partition coefficient (Wildman–Crippen LogP) is 0.872. The monoisotopic (exact) mass is 239 g/mol. The molecule has 0 heterocycles. The zero-order chi connectivity index (χ0) is 11.8. The van der Waals surface area contributed by atoms with Gasteiger partial charge in [-0.1, -0.05) is 18.2 Å². The highest BCUT2D eigenvalue weighted by molar-refractivity contribution is 7.98. The zero-order valence-corrected chi connectivity index (χ0v) is 9.93. The second-order valence-corrected chi connectivity index (χ2v) is 4.43. The Kier molecular flexibility index (Phi) is 5.92. The van der Waals surface area contributed by atoms with E-state index >= 15 is 0 Å². The maximum Gasteiger partial charge on any atom is 0.265 e. The van der Waals surface area contributed by atoms with E-state index < -0.39 is 0 Å². The Hall–Kier alpha value is -1.04. The molecule has 1 aromatic carbocycles. The van der Waals surface area contributed by atoms with E-state index in [0.717, 1.165) is 23.5 Å². The molecule has 0 saturated carbocycles. The average molecular weight is 239 g/mol. The minimum Gasteiger partial charge on any atom is -0.330 e. The summed E-state index contributed by atoms with van der Waals surface area (Å²) in [7, 11) is 0. The van der Waals surface area contributed by atoms with Crippen molar-refractivity contribution in [3.8, 4) is 0 Å². The fraction of sp³-hybridized carbons (Fsp3) is 0.364. The molecule has 1 aromatic rings. The van der Waals surface area contributed by atoms with Gasteiger partial charge < -0.3 is 5.73 Å². The number of benzene rings is 1. The molecule has 5 heteroatoms. The Labute approximate surface area is 99.7 Å². The van der Waals surface area contributed by atoms with Crippen LogP contribution >= 0.6 is 11.8 Å². The van der Waals surface area contributed by atoms with Crippen molar-refractivity contribution in [2.75, 3.05) is 12.3 Å². The largest absolute Gasteiger partial charge is 0.330 e. The minimum absolute atomic E-state index is 0.241. The van der Waals surface area contributed by atoms with Gasteiger partial charge in [0.1, 0.15) is 0 Å². The van der Waals surface area contributed by atoms with Crippen molar-refractivity contribution in [2.45, 2.75) is 12.2 Å². The number of amides is 1. The first-order chi connectivity index (χ1) is 7.79. The molecule has 0 unspecified atom stereocenters. The van der Waals surface area contributed by atoms with Gasteiger partial charge in [0.05, 0.1) is 0 Å². The highest BCUT2D eigenvalue weighted by Crippen LogP contribution is 2.16. The summed E-state index contributed by atoms with van der Waals surface area (Å²) in [6.45, 7) is 0.706. The number of nitrogen functional groups attached to an aromatic ring is 1. The lowest BCUT2D eigenvalue weighted by Gasteiger charge is -2.07. The number of carbonyl (C=O) groups is 1. The maximum atomic E-state index is 11.5. The van der Waals surface area contributed by atoms with Gasteiger partial charge in [0.15, 0.2) is 0 Å². The highest BCUT2D eigenvalue weighted by atomic mass is 32.2. The normalized spacial score (nSPS) is 10.1. The molecular weight excluding hydrogens is 222 g/mol. The number of hydrogen-bond donors (Lipinski definition) is 3. The highest BCUT2D eigenvalue weighted by Gasteiger charge is 2.08. The van der Waals surface area contributed by atoms with Gasteiger partial charge in [0, 0.05) is 11.3 Å². The molecule has 0 bridgehead atoms. The van der Waals surface area contributed by atoms with E-state index in [4.69, 9.17) is 11.6 Å². The summed E-state index contributed by atoms with van der Waals surface area (Å²) >= 11 is 1.77. The number of nitrogens with two attached hydrogens (primary N) is 2. The lowest BCUT2D eigenvalue weighted by Crippen LogP contribution is -2.30. The lowest BCUT2D eigenvalue weighted by molar-refractivity contribution is 0.0953. The number of carbonyl (C=O) groups excluding carboxylic acids is 1. The molecule has 0 aliphatic heterocycles. The van der Waals surface area contributed by atoms with Crippen molar-refractivity contribution < 1.29 is 4.79 Å². The molecule has 88 valence electrons. The molecule has 16 heavy (non-hydrogen) atoms. The van der Waals surface area contributed by atoms with Crippen LogP contribution < -0.4 is 17.0 Å². The molecule has 0 radical (unpaired) electrons. The smallest absolute Gasteiger partial charge is 0.265 e. The topological polar surface area (TPSA) is 81.1 Å². The van der Waals surface area contributed by atoms with Crippen LogP contribution in [-0.4, -0.2) is 18.2 Å². The first-order valence-corrected chi connectivity index (χ1v) is 6.31. The first-order valence-electron chi connectivity index (χ1n) is 5.16. The Morgan fingerprint density at radius 3 is 2.81 bits per heavy atom. The number of nitrogens with one attached hydrogen (secondary N) is 1. The van der Waals surface area contributed by atoms with Crippen molar-refractivity contribution in [1.82, 2.24) is 5.43 Å². The molecule has 0 aliphatic carbocycles. The van der Waals surface area contributed by atoms with Crippen LogP contribution in [0.15, 0.2) is 24.3 Å². The van der Waals surface area contributed by atoms with Crippen LogP contribution in [0.25, 0.3) is 0 Å². The van der Waals surface area contributed by atoms with Gasteiger partial charge in [0.2, 0.25) is 0 Å². The average Bonchev–Trinajstić information content (AvgIpc) is 2.34. The van der Waals surface area contributed by atoms with Crippen LogP contribution in [0, 0.1) is 0 Å². The van der Waals surface area contributed by atoms with E-state index in [2.05, 4.69) is 5.43 Å². The summed E-state index contributed by atoms with van der Waals surface area (Å²) in [5.74, 6) is 6.70. The summed E-state index contributed by atoms with van der Waals surface area (Å²) < 4.78 is 0. The van der Waals surface area contributed by atoms with Gasteiger partial charge >= 0.3 is 0 Å². The molecule has 0 aromatic heterocycles. The summed E-state index contributed by atoms with van der Waals surface area (Å²) in [5.41, 5.74) is 9.22. The van der Waals surface area contributed by atoms with E-state index in [9.17, 15) is 4.79 Å². The molecule has 1 rings (SSSR count). The van der Waals surface area contributed by atoms with Crippen LogP contribution in [0.3, 0.4) is 0 Å². The SMILES string of the molecule is NCCCSCc1ccccc1C(=O)NN. The van der Waals surface area contributed by atoms with Crippen molar-refractivity contribution in [3.05, 3.63) is 35.4 Å². The Morgan fingerprint density at radius 2 is 2.12 bits per heavy atom. The van der Waals surface area contributed by atoms with E-state index in [1.54, 1.807) is 17.8 Å². The molecule has 4 nitrogen and oxygen atoms in total. The Morgan fingerprint density at radius 1 is 1.38 bits per heavy atom. The fourth-order valence-electron chi connectivity index (χ4n) is 1.31. The van der Waals surface area contributed by atoms with Gasteiger partial charge in [-0.05, 0) is 30.3 Å². The second-order valence-electron chi connectivity index (χ2n) is 3.33. The van der Waals surface area contributed by atoms with Crippen LogP contribution in [0.4, 0.5) is 0 Å². The maximum absolute atomic E-state index is 11.5. The molecule has 0 aliphatic rings. The fourth-order valence-corrected chi connectivity index (χ4v) is 2.30. The summed E-state index contributed by atoms with van der Waals surface area (Å²) in [4.78, 5) is 11.5. The van der Waals surface area contributed by atoms with Crippen molar-refractivity contribution >= 4 is 17.7 Å². The third-order valence-corrected chi connectivity index (χ3v) is 3.24. The zero-order valence-electron chi connectivity index (χ0n) is 9.11. The molecule has 0 fully saturated rings. The predicted molar refractivity (Wildman–Crippen MR) is 67.9 cm³/mol.